The van der Waals surface area contributed by atoms with E-state index in [0.29, 0.717) is 12.1 Å². The Labute approximate surface area is 160 Å². The monoisotopic (exact) mass is 386 g/mol. The second-order valence-corrected chi connectivity index (χ2v) is 6.40. The zero-order valence-electron chi connectivity index (χ0n) is 15.6. The number of hydrogen-bond donors (Lipinski definition) is 1. The predicted molar refractivity (Wildman–Crippen MR) is 101 cm³/mol. The third-order valence-electron chi connectivity index (χ3n) is 4.33. The van der Waals surface area contributed by atoms with Crippen LogP contribution in [0.15, 0.2) is 42.6 Å². The van der Waals surface area contributed by atoms with Crippen LogP contribution in [-0.2, 0) is 0 Å². The van der Waals surface area contributed by atoms with Gasteiger partial charge in [0.1, 0.15) is 0 Å². The van der Waals surface area contributed by atoms with Gasteiger partial charge < -0.3 is 10.2 Å². The number of fused-ring (bicyclic) bond motifs is 1. The molecule has 1 N–H and O–H groups in total. The van der Waals surface area contributed by atoms with Crippen LogP contribution in [0.2, 0.25) is 0 Å². The summed E-state index contributed by atoms with van der Waals surface area (Å²) in [5.74, 6) is -3.02. The Kier molecular flexibility index (Phi) is 5.67. The number of halogens is 2. The molecule has 0 radical (unpaired) electrons. The highest BCUT2D eigenvalue weighted by molar-refractivity contribution is 6.06. The first-order valence-electron chi connectivity index (χ1n) is 8.91. The highest BCUT2D eigenvalue weighted by Gasteiger charge is 2.23. The van der Waals surface area contributed by atoms with Crippen molar-refractivity contribution in [1.29, 1.82) is 0 Å². The van der Waals surface area contributed by atoms with Gasteiger partial charge in [0.2, 0.25) is 5.82 Å². The molecule has 0 atom stereocenters. The molecule has 0 saturated heterocycles. The van der Waals surface area contributed by atoms with Crippen LogP contribution >= 0.6 is 0 Å². The van der Waals surface area contributed by atoms with Crippen LogP contribution in [0.3, 0.4) is 0 Å². The minimum atomic E-state index is -1.07. The summed E-state index contributed by atoms with van der Waals surface area (Å²) in [6, 6.07) is 8.20. The number of anilines is 1. The second kappa shape index (κ2) is 8.16. The molecule has 28 heavy (non-hydrogen) atoms. The molecule has 0 spiro atoms. The number of imidazole rings is 1. The van der Waals surface area contributed by atoms with Crippen molar-refractivity contribution in [2.75, 3.05) is 18.9 Å². The number of amides is 2. The van der Waals surface area contributed by atoms with Crippen LogP contribution in [0, 0.1) is 11.6 Å². The molecule has 8 heteroatoms. The number of benzene rings is 1. The standard InChI is InChI=1S/C20H20F2N4O2/c1-3-4-10-25(2)20(28)17-16-7-5-6-11-26(16)18(24-17)19(27)23-13-8-9-14(21)15(22)12-13/h5-9,11-12H,3-4,10H2,1-2H3,(H,23,27). The van der Waals surface area contributed by atoms with Gasteiger partial charge in [-0.25, -0.2) is 13.8 Å². The van der Waals surface area contributed by atoms with Gasteiger partial charge in [-0.3, -0.25) is 14.0 Å². The normalized spacial score (nSPS) is 10.9. The molecule has 0 saturated carbocycles. The minimum Gasteiger partial charge on any atom is -0.340 e. The van der Waals surface area contributed by atoms with Crippen LogP contribution in [0.25, 0.3) is 5.52 Å². The number of carbonyl (C=O) groups is 2. The molecule has 2 amide bonds. The van der Waals surface area contributed by atoms with E-state index in [1.807, 2.05) is 6.92 Å². The van der Waals surface area contributed by atoms with Crippen LogP contribution in [-0.4, -0.2) is 39.7 Å². The highest BCUT2D eigenvalue weighted by Crippen LogP contribution is 2.18. The number of rotatable bonds is 6. The van der Waals surface area contributed by atoms with Crippen LogP contribution < -0.4 is 5.32 Å². The molecule has 1 aromatic carbocycles. The third-order valence-corrected chi connectivity index (χ3v) is 4.33. The lowest BCUT2D eigenvalue weighted by molar-refractivity contribution is 0.0790. The molecule has 0 aliphatic rings. The maximum atomic E-state index is 13.4. The van der Waals surface area contributed by atoms with E-state index in [1.54, 1.807) is 36.3 Å². The number of aromatic nitrogens is 2. The van der Waals surface area contributed by atoms with Gasteiger partial charge in [0, 0.05) is 31.5 Å². The van der Waals surface area contributed by atoms with Gasteiger partial charge in [-0.15, -0.1) is 0 Å². The van der Waals surface area contributed by atoms with Crippen molar-refractivity contribution in [3.63, 3.8) is 0 Å². The Morgan fingerprint density at radius 1 is 1.18 bits per heavy atom. The van der Waals surface area contributed by atoms with E-state index in [4.69, 9.17) is 0 Å². The fourth-order valence-corrected chi connectivity index (χ4v) is 2.79. The van der Waals surface area contributed by atoms with E-state index in [9.17, 15) is 18.4 Å². The smallest absolute Gasteiger partial charge is 0.292 e. The van der Waals surface area contributed by atoms with E-state index < -0.39 is 17.5 Å². The lowest BCUT2D eigenvalue weighted by Crippen LogP contribution is -2.28. The molecule has 0 unspecified atom stereocenters. The quantitative estimate of drug-likeness (QED) is 0.702. The first-order valence-corrected chi connectivity index (χ1v) is 8.91. The number of pyridine rings is 1. The van der Waals surface area contributed by atoms with Crippen molar-refractivity contribution in [3.8, 4) is 0 Å². The fraction of sp³-hybridized carbons (Fsp3) is 0.250. The molecule has 3 aromatic rings. The van der Waals surface area contributed by atoms with Gasteiger partial charge >= 0.3 is 0 Å². The van der Waals surface area contributed by atoms with Crippen molar-refractivity contribution in [2.45, 2.75) is 19.8 Å². The summed E-state index contributed by atoms with van der Waals surface area (Å²) in [5, 5.41) is 2.48. The molecule has 0 fully saturated rings. The minimum absolute atomic E-state index is 0.0208. The molecule has 3 rings (SSSR count). The summed E-state index contributed by atoms with van der Waals surface area (Å²) in [7, 11) is 1.69. The zero-order chi connectivity index (χ0) is 20.3. The molecule has 2 aromatic heterocycles. The molecule has 6 nitrogen and oxygen atoms in total. The van der Waals surface area contributed by atoms with Crippen LogP contribution in [0.1, 0.15) is 40.9 Å². The molecule has 2 heterocycles. The van der Waals surface area contributed by atoms with E-state index in [0.717, 1.165) is 25.0 Å². The van der Waals surface area contributed by atoms with Gasteiger partial charge in [-0.1, -0.05) is 19.4 Å². The van der Waals surface area contributed by atoms with Gasteiger partial charge in [0.05, 0.1) is 5.52 Å². The summed E-state index contributed by atoms with van der Waals surface area (Å²) >= 11 is 0. The summed E-state index contributed by atoms with van der Waals surface area (Å²) in [6.45, 7) is 2.61. The van der Waals surface area contributed by atoms with Gasteiger partial charge in [0.25, 0.3) is 11.8 Å². The van der Waals surface area contributed by atoms with E-state index >= 15 is 0 Å². The van der Waals surface area contributed by atoms with Crippen molar-refractivity contribution in [1.82, 2.24) is 14.3 Å². The first-order chi connectivity index (χ1) is 13.4. The van der Waals surface area contributed by atoms with Crippen LogP contribution in [0.5, 0.6) is 0 Å². The summed E-state index contributed by atoms with van der Waals surface area (Å²) < 4.78 is 28.0. The number of nitrogens with one attached hydrogen (secondary N) is 1. The predicted octanol–water partition coefficient (Wildman–Crippen LogP) is 3.74. The summed E-state index contributed by atoms with van der Waals surface area (Å²) in [6.07, 6.45) is 3.42. The first kappa shape index (κ1) is 19.5. The van der Waals surface area contributed by atoms with Crippen molar-refractivity contribution < 1.29 is 18.4 Å². The number of unbranched alkanes of at least 4 members (excludes halogenated alkanes) is 1. The average Bonchev–Trinajstić information content (AvgIpc) is 3.08. The number of nitrogens with zero attached hydrogens (tertiary/aromatic N) is 3. The lowest BCUT2D eigenvalue weighted by Gasteiger charge is -2.15. The van der Waals surface area contributed by atoms with Crippen LogP contribution in [0.4, 0.5) is 14.5 Å². The topological polar surface area (TPSA) is 66.7 Å². The zero-order valence-corrected chi connectivity index (χ0v) is 15.6. The SMILES string of the molecule is CCCCN(C)C(=O)c1nc(C(=O)Nc2ccc(F)c(F)c2)n2ccccc12. The number of hydrogen-bond acceptors (Lipinski definition) is 3. The molecule has 146 valence electrons. The van der Waals surface area contributed by atoms with Gasteiger partial charge in [-0.05, 0) is 30.7 Å². The third kappa shape index (κ3) is 3.85. The van der Waals surface area contributed by atoms with Crippen molar-refractivity contribution in [2.24, 2.45) is 0 Å². The Balaban J connectivity index is 1.94. The Bertz CT molecular complexity index is 1030. The number of carbonyl (C=O) groups excluding carboxylic acids is 2. The lowest BCUT2D eigenvalue weighted by atomic mass is 10.2. The Morgan fingerprint density at radius 2 is 1.96 bits per heavy atom. The summed E-state index contributed by atoms with van der Waals surface area (Å²) in [5.41, 5.74) is 0.741. The molecule has 0 aliphatic carbocycles. The Morgan fingerprint density at radius 3 is 2.68 bits per heavy atom. The van der Waals surface area contributed by atoms with E-state index in [2.05, 4.69) is 10.3 Å². The largest absolute Gasteiger partial charge is 0.340 e. The molecule has 0 bridgehead atoms. The van der Waals surface area contributed by atoms with Gasteiger partial charge in [-0.2, -0.15) is 0 Å². The second-order valence-electron chi connectivity index (χ2n) is 6.40. The maximum Gasteiger partial charge on any atom is 0.292 e. The van der Waals surface area contributed by atoms with Crippen molar-refractivity contribution >= 4 is 23.0 Å². The van der Waals surface area contributed by atoms with Crippen molar-refractivity contribution in [3.05, 3.63) is 65.7 Å². The molecular formula is C20H20F2N4O2. The van der Waals surface area contributed by atoms with Gasteiger partial charge in [0.15, 0.2) is 17.3 Å². The van der Waals surface area contributed by atoms with E-state index in [1.165, 1.54) is 10.5 Å². The fourth-order valence-electron chi connectivity index (χ4n) is 2.79. The average molecular weight is 386 g/mol. The van der Waals surface area contributed by atoms with E-state index in [-0.39, 0.29) is 23.1 Å². The summed E-state index contributed by atoms with van der Waals surface area (Å²) in [4.78, 5) is 31.2. The molecular weight excluding hydrogens is 366 g/mol. The molecule has 0 aliphatic heterocycles. The maximum absolute atomic E-state index is 13.4. The highest BCUT2D eigenvalue weighted by atomic mass is 19.2. The Hall–Kier alpha value is -3.29.